The maximum atomic E-state index is 11.9. The molecule has 2 rings (SSSR count). The third kappa shape index (κ3) is 4.57. The van der Waals surface area contributed by atoms with E-state index in [4.69, 9.17) is 23.2 Å². The minimum atomic E-state index is -0.758. The summed E-state index contributed by atoms with van der Waals surface area (Å²) in [4.78, 5) is 45.7. The third-order valence-corrected chi connectivity index (χ3v) is 3.57. The van der Waals surface area contributed by atoms with Gasteiger partial charge in [-0.1, -0.05) is 23.2 Å². The van der Waals surface area contributed by atoms with Crippen LogP contribution < -0.4 is 21.5 Å². The van der Waals surface area contributed by atoms with Crippen LogP contribution in [0.4, 0.5) is 4.79 Å². The van der Waals surface area contributed by atoms with Crippen LogP contribution in [0.25, 0.3) is 0 Å². The summed E-state index contributed by atoms with van der Waals surface area (Å²) in [6.07, 6.45) is 0.0408. The molecule has 5 amide bonds. The Kier molecular flexibility index (Phi) is 5.41. The van der Waals surface area contributed by atoms with E-state index in [1.54, 1.807) is 0 Å². The molecule has 1 aliphatic heterocycles. The summed E-state index contributed by atoms with van der Waals surface area (Å²) in [5, 5.41) is 4.93. The van der Waals surface area contributed by atoms with Gasteiger partial charge in [0.05, 0.1) is 10.6 Å². The van der Waals surface area contributed by atoms with Crippen molar-refractivity contribution in [3.8, 4) is 0 Å². The highest BCUT2D eigenvalue weighted by molar-refractivity contribution is 6.35. The van der Waals surface area contributed by atoms with Crippen molar-refractivity contribution >= 4 is 47.0 Å². The Bertz CT molecular complexity index is 680. The van der Waals surface area contributed by atoms with E-state index in [-0.39, 0.29) is 23.4 Å². The maximum Gasteiger partial charge on any atom is 0.322 e. The molecule has 1 aromatic carbocycles. The average molecular weight is 359 g/mol. The zero-order chi connectivity index (χ0) is 17.0. The summed E-state index contributed by atoms with van der Waals surface area (Å²) < 4.78 is 0. The molecule has 1 heterocycles. The van der Waals surface area contributed by atoms with E-state index in [9.17, 15) is 19.2 Å². The average Bonchev–Trinajstić information content (AvgIpc) is 2.83. The predicted octanol–water partition coefficient (Wildman–Crippen LogP) is 0.743. The number of imide groups is 1. The summed E-state index contributed by atoms with van der Waals surface area (Å²) in [6, 6.07) is 3.00. The molecule has 0 bridgehead atoms. The standard InChI is InChI=1S/C13H12Cl2N4O4/c14-6-1-2-8(15)7(5-6)11(21)19-18-10(20)4-3-9-12(22)17-13(23)16-9/h1-2,5,9H,3-4H2,(H,18,20)(H,19,21)(H2,16,17,22,23)/t9-/m1/s1. The highest BCUT2D eigenvalue weighted by Crippen LogP contribution is 2.20. The first-order valence-electron chi connectivity index (χ1n) is 6.52. The number of amides is 5. The molecule has 23 heavy (non-hydrogen) atoms. The van der Waals surface area contributed by atoms with Gasteiger partial charge in [-0.05, 0) is 24.6 Å². The fourth-order valence-corrected chi connectivity index (χ4v) is 2.24. The van der Waals surface area contributed by atoms with Crippen LogP contribution in [0.2, 0.25) is 10.0 Å². The van der Waals surface area contributed by atoms with Gasteiger partial charge in [0.25, 0.3) is 11.8 Å². The molecule has 0 unspecified atom stereocenters. The molecule has 1 aliphatic rings. The molecule has 0 aliphatic carbocycles. The molecule has 0 aromatic heterocycles. The van der Waals surface area contributed by atoms with E-state index in [0.717, 1.165) is 0 Å². The van der Waals surface area contributed by atoms with E-state index >= 15 is 0 Å². The van der Waals surface area contributed by atoms with Gasteiger partial charge in [0.2, 0.25) is 5.91 Å². The summed E-state index contributed by atoms with van der Waals surface area (Å²) in [5.74, 6) is -1.64. The van der Waals surface area contributed by atoms with Crippen LogP contribution in [-0.4, -0.2) is 29.8 Å². The molecular weight excluding hydrogens is 347 g/mol. The Hall–Kier alpha value is -2.32. The fraction of sp³-hybridized carbons (Fsp3) is 0.231. The Morgan fingerprint density at radius 3 is 2.57 bits per heavy atom. The summed E-state index contributed by atoms with van der Waals surface area (Å²) in [7, 11) is 0. The van der Waals surface area contributed by atoms with Crippen molar-refractivity contribution in [2.75, 3.05) is 0 Å². The van der Waals surface area contributed by atoms with Crippen molar-refractivity contribution in [1.29, 1.82) is 0 Å². The molecule has 1 atom stereocenters. The molecule has 10 heteroatoms. The molecule has 8 nitrogen and oxygen atoms in total. The predicted molar refractivity (Wildman–Crippen MR) is 81.8 cm³/mol. The van der Waals surface area contributed by atoms with Gasteiger partial charge in [0.15, 0.2) is 0 Å². The number of carbonyl (C=O) groups excluding carboxylic acids is 4. The molecule has 0 spiro atoms. The molecular formula is C13H12Cl2N4O4. The number of carbonyl (C=O) groups is 4. The Morgan fingerprint density at radius 2 is 1.91 bits per heavy atom. The zero-order valence-corrected chi connectivity index (χ0v) is 13.1. The Balaban J connectivity index is 1.80. The van der Waals surface area contributed by atoms with Gasteiger partial charge in [-0.25, -0.2) is 4.79 Å². The number of nitrogens with one attached hydrogen (secondary N) is 4. The van der Waals surface area contributed by atoms with Crippen LogP contribution in [0.15, 0.2) is 18.2 Å². The highest BCUT2D eigenvalue weighted by Gasteiger charge is 2.29. The maximum absolute atomic E-state index is 11.9. The van der Waals surface area contributed by atoms with E-state index in [0.29, 0.717) is 5.02 Å². The number of rotatable bonds is 4. The van der Waals surface area contributed by atoms with Crippen molar-refractivity contribution in [3.05, 3.63) is 33.8 Å². The van der Waals surface area contributed by atoms with Crippen LogP contribution >= 0.6 is 23.2 Å². The Morgan fingerprint density at radius 1 is 1.17 bits per heavy atom. The molecule has 1 saturated heterocycles. The van der Waals surface area contributed by atoms with Crippen molar-refractivity contribution in [2.45, 2.75) is 18.9 Å². The summed E-state index contributed by atoms with van der Waals surface area (Å²) in [6.45, 7) is 0. The summed E-state index contributed by atoms with van der Waals surface area (Å²) in [5.41, 5.74) is 4.50. The van der Waals surface area contributed by atoms with Crippen LogP contribution in [0.3, 0.4) is 0 Å². The minimum absolute atomic E-state index is 0.0675. The molecule has 1 aromatic rings. The van der Waals surface area contributed by atoms with Gasteiger partial charge in [-0.2, -0.15) is 0 Å². The number of hydrogen-bond donors (Lipinski definition) is 4. The van der Waals surface area contributed by atoms with E-state index in [1.807, 2.05) is 0 Å². The van der Waals surface area contributed by atoms with Crippen molar-refractivity contribution in [3.63, 3.8) is 0 Å². The fourth-order valence-electron chi connectivity index (χ4n) is 1.87. The van der Waals surface area contributed by atoms with Gasteiger partial charge in [-0.3, -0.25) is 30.6 Å². The number of hydrazine groups is 1. The lowest BCUT2D eigenvalue weighted by molar-refractivity contribution is -0.122. The molecule has 4 N–H and O–H groups in total. The first-order valence-corrected chi connectivity index (χ1v) is 7.28. The number of benzene rings is 1. The first kappa shape index (κ1) is 17.0. The lowest BCUT2D eigenvalue weighted by Gasteiger charge is -2.10. The van der Waals surface area contributed by atoms with E-state index in [1.165, 1.54) is 18.2 Å². The minimum Gasteiger partial charge on any atom is -0.326 e. The van der Waals surface area contributed by atoms with Crippen molar-refractivity contribution in [1.82, 2.24) is 21.5 Å². The normalized spacial score (nSPS) is 16.5. The van der Waals surface area contributed by atoms with Gasteiger partial charge >= 0.3 is 6.03 Å². The van der Waals surface area contributed by atoms with Gasteiger partial charge in [-0.15, -0.1) is 0 Å². The lowest BCUT2D eigenvalue weighted by Crippen LogP contribution is -2.42. The van der Waals surface area contributed by atoms with Crippen molar-refractivity contribution < 1.29 is 19.2 Å². The monoisotopic (exact) mass is 358 g/mol. The Labute approximate surface area is 140 Å². The SMILES string of the molecule is O=C(CC[C@H]1NC(=O)NC1=O)NNC(=O)c1cc(Cl)ccc1Cl. The van der Waals surface area contributed by atoms with E-state index in [2.05, 4.69) is 21.5 Å². The molecule has 122 valence electrons. The van der Waals surface area contributed by atoms with Crippen molar-refractivity contribution in [2.24, 2.45) is 0 Å². The van der Waals surface area contributed by atoms with E-state index < -0.39 is 29.8 Å². The number of hydrogen-bond acceptors (Lipinski definition) is 4. The lowest BCUT2D eigenvalue weighted by atomic mass is 10.1. The quantitative estimate of drug-likeness (QED) is 0.469. The van der Waals surface area contributed by atoms with Crippen LogP contribution in [0.5, 0.6) is 0 Å². The number of urea groups is 1. The van der Waals surface area contributed by atoms with Gasteiger partial charge in [0.1, 0.15) is 6.04 Å². The molecule has 0 radical (unpaired) electrons. The van der Waals surface area contributed by atoms with Crippen LogP contribution in [-0.2, 0) is 9.59 Å². The highest BCUT2D eigenvalue weighted by atomic mass is 35.5. The largest absolute Gasteiger partial charge is 0.326 e. The first-order chi connectivity index (χ1) is 10.9. The second-order valence-electron chi connectivity index (χ2n) is 4.68. The zero-order valence-electron chi connectivity index (χ0n) is 11.6. The molecule has 1 fully saturated rings. The van der Waals surface area contributed by atoms with Crippen LogP contribution in [0, 0.1) is 0 Å². The van der Waals surface area contributed by atoms with Gasteiger partial charge in [0, 0.05) is 11.4 Å². The number of halogens is 2. The second-order valence-corrected chi connectivity index (χ2v) is 5.52. The second kappa shape index (κ2) is 7.30. The van der Waals surface area contributed by atoms with Gasteiger partial charge < -0.3 is 5.32 Å². The molecule has 0 saturated carbocycles. The van der Waals surface area contributed by atoms with Crippen LogP contribution in [0.1, 0.15) is 23.2 Å². The topological polar surface area (TPSA) is 116 Å². The third-order valence-electron chi connectivity index (χ3n) is 3.01. The summed E-state index contributed by atoms with van der Waals surface area (Å²) >= 11 is 11.6. The smallest absolute Gasteiger partial charge is 0.322 e.